The van der Waals surface area contributed by atoms with Crippen molar-refractivity contribution in [1.82, 2.24) is 0 Å². The number of azo groups is 1. The molecule has 0 atom stereocenters. The first-order chi connectivity index (χ1) is 22.1. The first-order valence-corrected chi connectivity index (χ1v) is 16.5. The molecule has 0 aromatic heterocycles. The minimum absolute atomic E-state index is 0. The molecule has 0 aliphatic heterocycles. The Morgan fingerprint density at radius 1 is 0.714 bits per heavy atom. The van der Waals surface area contributed by atoms with Crippen molar-refractivity contribution in [2.75, 3.05) is 10.9 Å². The maximum atomic E-state index is 13.1. The molecule has 0 heterocycles. The van der Waals surface area contributed by atoms with Gasteiger partial charge in [-0.15, -0.1) is 0 Å². The third kappa shape index (κ3) is 9.56. The monoisotopic (exact) mass is 738 g/mol. The summed E-state index contributed by atoms with van der Waals surface area (Å²) >= 11 is 6.06. The van der Waals surface area contributed by atoms with Gasteiger partial charge in [-0.25, -0.2) is 16.8 Å². The average molecular weight is 739 g/mol. The summed E-state index contributed by atoms with van der Waals surface area (Å²) in [5.41, 5.74) is 6.35. The van der Waals surface area contributed by atoms with Gasteiger partial charge in [-0.05, 0) is 91.0 Å². The van der Waals surface area contributed by atoms with Gasteiger partial charge in [-0.1, -0.05) is 29.8 Å². The van der Waals surface area contributed by atoms with E-state index in [-0.39, 0.29) is 75.2 Å². The third-order valence-corrected chi connectivity index (χ3v) is 8.89. The summed E-state index contributed by atoms with van der Waals surface area (Å²) in [6, 6.07) is 17.9. The molecule has 0 bridgehead atoms. The Morgan fingerprint density at radius 2 is 1.41 bits per heavy atom. The number of rotatable bonds is 8. The van der Waals surface area contributed by atoms with Crippen molar-refractivity contribution < 1.29 is 85.1 Å². The molecule has 0 aliphatic carbocycles. The Hall–Kier alpha value is -3.13. The molecule has 14 nitrogen and oxygen atoms in total. The van der Waals surface area contributed by atoms with Crippen molar-refractivity contribution in [1.29, 1.82) is 0 Å². The second-order valence-corrected chi connectivity index (χ2v) is 13.2. The van der Waals surface area contributed by atoms with Crippen molar-refractivity contribution in [2.45, 2.75) is 23.6 Å². The summed E-state index contributed by atoms with van der Waals surface area (Å²) in [7, 11) is -9.42. The molecular formula is C30H21ClN6Na2O8S2. The molecule has 5 aromatic carbocycles. The van der Waals surface area contributed by atoms with Crippen LogP contribution in [0.25, 0.3) is 10.8 Å². The van der Waals surface area contributed by atoms with Crippen LogP contribution in [0.1, 0.15) is 11.1 Å². The van der Waals surface area contributed by atoms with E-state index >= 15 is 0 Å². The van der Waals surface area contributed by atoms with Crippen molar-refractivity contribution in [2.24, 2.45) is 20.4 Å². The molecule has 0 fully saturated rings. The Bertz CT molecular complexity index is 2580. The van der Waals surface area contributed by atoms with Crippen LogP contribution in [0.5, 0.6) is 0 Å². The van der Waals surface area contributed by atoms with Crippen LogP contribution >= 0.6 is 11.6 Å². The van der Waals surface area contributed by atoms with Gasteiger partial charge in [-0.3, -0.25) is 20.4 Å². The summed E-state index contributed by atoms with van der Waals surface area (Å²) in [6.07, 6.45) is 0. The van der Waals surface area contributed by atoms with E-state index < -0.39 is 46.2 Å². The van der Waals surface area contributed by atoms with E-state index in [1.165, 1.54) is 18.2 Å². The van der Waals surface area contributed by atoms with Crippen LogP contribution in [-0.2, 0) is 20.2 Å². The van der Waals surface area contributed by atoms with Gasteiger partial charge in [0.05, 0.1) is 32.5 Å². The molecular weight excluding hydrogens is 718 g/mol. The number of fused-ring (bicyclic) bond motifs is 1. The number of nitrogens with zero attached hydrogens (tertiary/aromatic N) is 4. The molecule has 0 unspecified atom stereocenters. The molecule has 240 valence electrons. The topological polar surface area (TPSA) is 222 Å². The van der Waals surface area contributed by atoms with Crippen LogP contribution < -0.4 is 91.5 Å². The molecule has 0 amide bonds. The minimum atomic E-state index is -4.76. The molecule has 0 saturated heterocycles. The fourth-order valence-corrected chi connectivity index (χ4v) is 5.63. The van der Waals surface area contributed by atoms with Crippen LogP contribution in [-0.4, -0.2) is 25.9 Å². The predicted molar refractivity (Wildman–Crippen MR) is 171 cm³/mol. The van der Waals surface area contributed by atoms with Crippen LogP contribution in [0, 0.1) is 13.8 Å². The maximum Gasteiger partial charge on any atom is 1.00 e. The van der Waals surface area contributed by atoms with Crippen molar-refractivity contribution in [3.8, 4) is 0 Å². The third-order valence-electron chi connectivity index (χ3n) is 6.85. The number of hydrogen-bond donors (Lipinski definition) is 2. The van der Waals surface area contributed by atoms with E-state index in [0.717, 1.165) is 24.3 Å². The Labute approximate surface area is 328 Å². The normalized spacial score (nSPS) is 12.5. The second kappa shape index (κ2) is 16.3. The first kappa shape index (κ1) is 40.3. The largest absolute Gasteiger partial charge is 1.00 e. The number of anilines is 2. The van der Waals surface area contributed by atoms with Crippen LogP contribution in [0.3, 0.4) is 0 Å². The first-order valence-electron chi connectivity index (χ1n) is 13.3. The number of hydrogen-bond acceptors (Lipinski definition) is 14. The molecule has 0 radical (unpaired) electrons. The summed E-state index contributed by atoms with van der Waals surface area (Å²) in [5.74, 6) is 0. The van der Waals surface area contributed by atoms with E-state index in [1.807, 2.05) is 0 Å². The standard InChI is InChI=1S/C30H23ClN6O8S2.2Na/c1-16-12-19(6-9-24(16)33-36-27-15-21(47(43,44)45)14-23(31)17(27)2)32-35-26-10-11-28(38)29(30(26)39)37-34-25-5-3-4-18-13-20(46(40,41)42)7-8-22(18)25;;/h3-15,32,34H,1-2H3,(H,40,41,42)(H,43,44,45);;/q;2*+1/p-2/b35-26+,36-33?,37-29-;;. The number of halogens is 1. The van der Waals surface area contributed by atoms with Gasteiger partial charge in [-0.2, -0.15) is 20.4 Å². The van der Waals surface area contributed by atoms with E-state index in [2.05, 4.69) is 31.3 Å². The zero-order valence-electron chi connectivity index (χ0n) is 26.3. The SMILES string of the molecule is Cc1cc(N/N=c2\ccc(=O)/c(=N/Nc3cccc4cc(S(=O)(=O)[O-])ccc34)c2=O)ccc1N=Nc1cc(S(=O)(=O)[O-])cc(Cl)c1C.[Na+].[Na+]. The fraction of sp³-hybridized carbons (Fsp3) is 0.0667. The van der Waals surface area contributed by atoms with E-state index in [0.29, 0.717) is 39.0 Å². The average Bonchev–Trinajstić information content (AvgIpc) is 3.00. The summed E-state index contributed by atoms with van der Waals surface area (Å²) in [5, 5.41) is 16.7. The fourth-order valence-electron chi connectivity index (χ4n) is 4.33. The van der Waals surface area contributed by atoms with Crippen LogP contribution in [0.15, 0.2) is 119 Å². The van der Waals surface area contributed by atoms with E-state index in [9.17, 15) is 35.5 Å². The van der Waals surface area contributed by atoms with Gasteiger partial charge >= 0.3 is 59.1 Å². The Balaban J connectivity index is 0.00000325. The quantitative estimate of drug-likeness (QED) is 0.0756. The van der Waals surface area contributed by atoms with Gasteiger partial charge in [0.2, 0.25) is 10.9 Å². The smallest absolute Gasteiger partial charge is 0.744 e. The molecule has 5 aromatic rings. The van der Waals surface area contributed by atoms with Crippen LogP contribution in [0.2, 0.25) is 5.02 Å². The molecule has 0 aliphatic rings. The van der Waals surface area contributed by atoms with Gasteiger partial charge in [0.15, 0.2) is 5.36 Å². The summed E-state index contributed by atoms with van der Waals surface area (Å²) < 4.78 is 68.4. The van der Waals surface area contributed by atoms with Gasteiger partial charge < -0.3 is 9.11 Å². The molecule has 0 spiro atoms. The zero-order valence-corrected chi connectivity index (χ0v) is 32.6. The van der Waals surface area contributed by atoms with Crippen LogP contribution in [0.4, 0.5) is 22.7 Å². The second-order valence-electron chi connectivity index (χ2n) is 10.1. The van der Waals surface area contributed by atoms with Gasteiger partial charge in [0, 0.05) is 10.4 Å². The number of aryl methyl sites for hydroxylation is 1. The molecule has 19 heteroatoms. The molecule has 5 rings (SSSR count). The molecule has 2 N–H and O–H groups in total. The predicted octanol–water partition coefficient (Wildman–Crippen LogP) is -2.21. The Morgan fingerprint density at radius 3 is 2.08 bits per heavy atom. The summed E-state index contributed by atoms with van der Waals surface area (Å²) in [4.78, 5) is 24.6. The van der Waals surface area contributed by atoms with E-state index in [4.69, 9.17) is 11.6 Å². The minimum Gasteiger partial charge on any atom is -0.744 e. The Kier molecular flexibility index (Phi) is 13.4. The van der Waals surface area contributed by atoms with Crippen molar-refractivity contribution in [3.63, 3.8) is 0 Å². The number of nitrogens with one attached hydrogen (secondary N) is 2. The van der Waals surface area contributed by atoms with Gasteiger partial charge in [0.25, 0.3) is 0 Å². The van der Waals surface area contributed by atoms with Crippen molar-refractivity contribution >= 4 is 65.4 Å². The number of benzene rings is 5. The van der Waals surface area contributed by atoms with Crippen molar-refractivity contribution in [3.05, 3.63) is 126 Å². The summed E-state index contributed by atoms with van der Waals surface area (Å²) in [6.45, 7) is 3.32. The zero-order chi connectivity index (χ0) is 34.1. The molecule has 49 heavy (non-hydrogen) atoms. The van der Waals surface area contributed by atoms with E-state index in [1.54, 1.807) is 50.2 Å². The molecule has 0 saturated carbocycles. The van der Waals surface area contributed by atoms with Gasteiger partial charge in [0.1, 0.15) is 25.6 Å². The maximum absolute atomic E-state index is 13.1.